The molecular weight excluding hydrogens is 348 g/mol. The topological polar surface area (TPSA) is 0 Å². The highest BCUT2D eigenvalue weighted by molar-refractivity contribution is 6.15. The lowest BCUT2D eigenvalue weighted by Gasteiger charge is -2.11. The van der Waals surface area contributed by atoms with E-state index in [4.69, 9.17) is 0 Å². The summed E-state index contributed by atoms with van der Waals surface area (Å²) in [4.78, 5) is 0. The number of rotatable bonds is 3. The molecule has 0 unspecified atom stereocenters. The van der Waals surface area contributed by atoms with Gasteiger partial charge in [-0.25, -0.2) is 0 Å². The van der Waals surface area contributed by atoms with E-state index < -0.39 is 0 Å². The molecule has 0 aromatic heterocycles. The smallest absolute Gasteiger partial charge is 0.00988 e. The lowest BCUT2D eigenvalue weighted by Crippen LogP contribution is -1.85. The maximum Gasteiger partial charge on any atom is -0.00988 e. The molecule has 0 fully saturated rings. The Kier molecular flexibility index (Phi) is 4.26. The number of hydrogen-bond acceptors (Lipinski definition) is 0. The van der Waals surface area contributed by atoms with E-state index in [1.807, 2.05) is 13.0 Å². The van der Waals surface area contributed by atoms with Crippen molar-refractivity contribution in [2.24, 2.45) is 0 Å². The van der Waals surface area contributed by atoms with E-state index in [1.165, 1.54) is 49.0 Å². The van der Waals surface area contributed by atoms with E-state index in [0.29, 0.717) is 0 Å². The van der Waals surface area contributed by atoms with Crippen LogP contribution in [-0.4, -0.2) is 0 Å². The lowest BCUT2D eigenvalue weighted by molar-refractivity contribution is 1.58. The highest BCUT2D eigenvalue weighted by Gasteiger charge is 2.08. The summed E-state index contributed by atoms with van der Waals surface area (Å²) in [6.45, 7) is 5.96. The molecule has 0 atom stereocenters. The molecule has 5 aromatic carbocycles. The van der Waals surface area contributed by atoms with Crippen molar-refractivity contribution in [3.8, 4) is 11.1 Å². The van der Waals surface area contributed by atoms with Crippen LogP contribution in [0, 0.1) is 0 Å². The molecule has 0 N–H and O–H groups in total. The number of hydrogen-bond donors (Lipinski definition) is 0. The van der Waals surface area contributed by atoms with Crippen LogP contribution >= 0.6 is 0 Å². The molecule has 0 spiro atoms. The molecule has 138 valence electrons. The van der Waals surface area contributed by atoms with Crippen LogP contribution in [0.15, 0.2) is 110 Å². The Morgan fingerprint density at radius 3 is 2.14 bits per heavy atom. The Morgan fingerprint density at radius 2 is 1.41 bits per heavy atom. The Hall–Kier alpha value is -3.64. The quantitative estimate of drug-likeness (QED) is 0.170. The minimum Gasteiger partial charge on any atom is -0.0985 e. The molecule has 5 rings (SSSR count). The van der Waals surface area contributed by atoms with Gasteiger partial charge in [0.15, 0.2) is 0 Å². The second kappa shape index (κ2) is 7.07. The summed E-state index contributed by atoms with van der Waals surface area (Å²) in [7, 11) is 0. The third kappa shape index (κ3) is 2.94. The summed E-state index contributed by atoms with van der Waals surface area (Å²) in [5.41, 5.74) is 4.86. The second-order valence-electron chi connectivity index (χ2n) is 7.41. The summed E-state index contributed by atoms with van der Waals surface area (Å²) in [6, 6.07) is 33.1. The van der Waals surface area contributed by atoms with E-state index in [9.17, 15) is 0 Å². The monoisotopic (exact) mass is 370 g/mol. The fourth-order valence-electron chi connectivity index (χ4n) is 4.28. The van der Waals surface area contributed by atoms with Crippen molar-refractivity contribution in [1.29, 1.82) is 0 Å². The van der Waals surface area contributed by atoms with Crippen LogP contribution < -0.4 is 0 Å². The van der Waals surface area contributed by atoms with Crippen LogP contribution in [0.4, 0.5) is 0 Å². The van der Waals surface area contributed by atoms with Gasteiger partial charge in [0, 0.05) is 0 Å². The molecule has 0 heteroatoms. The van der Waals surface area contributed by atoms with Crippen molar-refractivity contribution >= 4 is 37.9 Å². The summed E-state index contributed by atoms with van der Waals surface area (Å²) >= 11 is 0. The van der Waals surface area contributed by atoms with Crippen molar-refractivity contribution in [1.82, 2.24) is 0 Å². The number of allylic oxidation sites excluding steroid dienone is 3. The predicted octanol–water partition coefficient (Wildman–Crippen LogP) is 8.40. The van der Waals surface area contributed by atoms with Crippen LogP contribution in [0.3, 0.4) is 0 Å². The van der Waals surface area contributed by atoms with E-state index in [-0.39, 0.29) is 0 Å². The van der Waals surface area contributed by atoms with Crippen molar-refractivity contribution in [3.63, 3.8) is 0 Å². The van der Waals surface area contributed by atoms with E-state index in [0.717, 1.165) is 5.57 Å². The average Bonchev–Trinajstić information content (AvgIpc) is 2.78. The third-order valence-electron chi connectivity index (χ3n) is 5.80. The Bertz CT molecular complexity index is 1400. The van der Waals surface area contributed by atoms with Crippen LogP contribution in [-0.2, 0) is 0 Å². The molecule has 0 saturated carbocycles. The van der Waals surface area contributed by atoms with E-state index in [1.54, 1.807) is 0 Å². The highest BCUT2D eigenvalue weighted by atomic mass is 14.1. The van der Waals surface area contributed by atoms with Gasteiger partial charge in [-0.1, -0.05) is 97.6 Å². The van der Waals surface area contributed by atoms with Gasteiger partial charge in [0.25, 0.3) is 0 Å². The van der Waals surface area contributed by atoms with E-state index >= 15 is 0 Å². The molecule has 0 aliphatic carbocycles. The Morgan fingerprint density at radius 1 is 0.655 bits per heavy atom. The molecule has 5 aromatic rings. The fourth-order valence-corrected chi connectivity index (χ4v) is 4.28. The molecule has 0 amide bonds. The van der Waals surface area contributed by atoms with Gasteiger partial charge in [0.1, 0.15) is 0 Å². The minimum atomic E-state index is 1.16. The van der Waals surface area contributed by atoms with E-state index in [2.05, 4.69) is 104 Å². The first-order valence-corrected chi connectivity index (χ1v) is 10.0. The highest BCUT2D eigenvalue weighted by Crippen LogP contribution is 2.35. The molecule has 0 bridgehead atoms. The van der Waals surface area contributed by atoms with Crippen molar-refractivity contribution in [2.75, 3.05) is 0 Å². The van der Waals surface area contributed by atoms with Gasteiger partial charge in [0.2, 0.25) is 0 Å². The standard InChI is InChI=1S/C29H22/c1-3-20(4-2)21-12-14-22(15-13-21)26-10-7-11-27-28(26)17-16-25-18-23-8-5-6-9-24(23)19-29(25)27/h3-19H,1H2,2H3/b20-4-. The molecule has 0 aliphatic rings. The zero-order valence-corrected chi connectivity index (χ0v) is 16.5. The molecule has 29 heavy (non-hydrogen) atoms. The maximum absolute atomic E-state index is 3.91. The van der Waals surface area contributed by atoms with Crippen LogP contribution in [0.25, 0.3) is 49.0 Å². The normalized spacial score (nSPS) is 12.0. The molecule has 0 saturated heterocycles. The van der Waals surface area contributed by atoms with Gasteiger partial charge >= 0.3 is 0 Å². The lowest BCUT2D eigenvalue weighted by atomic mass is 9.92. The average molecular weight is 370 g/mol. The summed E-state index contributed by atoms with van der Waals surface area (Å²) in [5, 5.41) is 7.75. The van der Waals surface area contributed by atoms with Crippen LogP contribution in [0.5, 0.6) is 0 Å². The van der Waals surface area contributed by atoms with Crippen molar-refractivity contribution < 1.29 is 0 Å². The summed E-state index contributed by atoms with van der Waals surface area (Å²) < 4.78 is 0. The molecule has 0 radical (unpaired) electrons. The van der Waals surface area contributed by atoms with Gasteiger partial charge in [-0.05, 0) is 73.6 Å². The molecule has 0 aliphatic heterocycles. The first-order valence-electron chi connectivity index (χ1n) is 10.0. The Labute approximate surface area is 171 Å². The molecule has 0 nitrogen and oxygen atoms in total. The first-order chi connectivity index (χ1) is 14.3. The van der Waals surface area contributed by atoms with Gasteiger partial charge in [-0.3, -0.25) is 0 Å². The van der Waals surface area contributed by atoms with Crippen molar-refractivity contribution in [3.05, 3.63) is 115 Å². The number of benzene rings is 5. The van der Waals surface area contributed by atoms with Gasteiger partial charge in [-0.2, -0.15) is 0 Å². The van der Waals surface area contributed by atoms with Crippen molar-refractivity contribution in [2.45, 2.75) is 6.92 Å². The zero-order valence-electron chi connectivity index (χ0n) is 16.5. The summed E-state index contributed by atoms with van der Waals surface area (Å²) in [6.07, 6.45) is 4.00. The first kappa shape index (κ1) is 17.5. The summed E-state index contributed by atoms with van der Waals surface area (Å²) in [5.74, 6) is 0. The fraction of sp³-hybridized carbons (Fsp3) is 0.0345. The van der Waals surface area contributed by atoms with Gasteiger partial charge in [-0.15, -0.1) is 0 Å². The maximum atomic E-state index is 3.91. The van der Waals surface area contributed by atoms with Crippen LogP contribution in [0.2, 0.25) is 0 Å². The van der Waals surface area contributed by atoms with Gasteiger partial charge < -0.3 is 0 Å². The van der Waals surface area contributed by atoms with Gasteiger partial charge in [0.05, 0.1) is 0 Å². The third-order valence-corrected chi connectivity index (χ3v) is 5.80. The largest absolute Gasteiger partial charge is 0.0985 e. The SMILES string of the molecule is C=C/C(=C/C)c1ccc(-c2cccc3c2ccc2cc4ccccc4cc23)cc1. The Balaban J connectivity index is 1.72. The molecular formula is C29H22. The predicted molar refractivity (Wildman–Crippen MR) is 128 cm³/mol. The zero-order chi connectivity index (χ0) is 19.8. The van der Waals surface area contributed by atoms with Crippen LogP contribution in [0.1, 0.15) is 12.5 Å². The molecule has 0 heterocycles. The second-order valence-corrected chi connectivity index (χ2v) is 7.41. The minimum absolute atomic E-state index is 1.16. The number of fused-ring (bicyclic) bond motifs is 4.